The van der Waals surface area contributed by atoms with Crippen molar-refractivity contribution >= 4 is 10.0 Å². The third-order valence-electron chi connectivity index (χ3n) is 3.43. The molecule has 0 spiro atoms. The minimum Gasteiger partial charge on any atom is -0.396 e. The van der Waals surface area contributed by atoms with Crippen molar-refractivity contribution in [1.82, 2.24) is 4.72 Å². The van der Waals surface area contributed by atoms with Gasteiger partial charge in [-0.15, -0.1) is 0 Å². The molecule has 0 amide bonds. The molecule has 0 bridgehead atoms. The van der Waals surface area contributed by atoms with Crippen LogP contribution in [0.25, 0.3) is 0 Å². The number of benzene rings is 1. The molecule has 2 N–H and O–H groups in total. The third-order valence-corrected chi connectivity index (χ3v) is 4.93. The van der Waals surface area contributed by atoms with Crippen LogP contribution in [0.1, 0.15) is 39.7 Å². The summed E-state index contributed by atoms with van der Waals surface area (Å²) in [6.45, 7) is 8.12. The van der Waals surface area contributed by atoms with E-state index in [0.717, 1.165) is 12.0 Å². The lowest BCUT2D eigenvalue weighted by Crippen LogP contribution is -2.39. The Balaban J connectivity index is 2.86. The highest BCUT2D eigenvalue weighted by atomic mass is 32.2. The molecule has 5 heteroatoms. The summed E-state index contributed by atoms with van der Waals surface area (Å²) < 4.78 is 27.4. The zero-order chi connectivity index (χ0) is 16.0. The van der Waals surface area contributed by atoms with E-state index in [-0.39, 0.29) is 23.5 Å². The van der Waals surface area contributed by atoms with Gasteiger partial charge < -0.3 is 5.11 Å². The topological polar surface area (TPSA) is 66.4 Å². The minimum atomic E-state index is -3.53. The van der Waals surface area contributed by atoms with E-state index < -0.39 is 10.0 Å². The smallest absolute Gasteiger partial charge is 0.240 e. The summed E-state index contributed by atoms with van der Waals surface area (Å²) in [6, 6.07) is 6.78. The predicted octanol–water partition coefficient (Wildman–Crippen LogP) is 2.57. The van der Waals surface area contributed by atoms with Gasteiger partial charge in [0.1, 0.15) is 0 Å². The van der Waals surface area contributed by atoms with E-state index in [0.29, 0.717) is 12.3 Å². The van der Waals surface area contributed by atoms with Crippen LogP contribution < -0.4 is 4.72 Å². The van der Waals surface area contributed by atoms with Crippen LogP contribution in [0.4, 0.5) is 0 Å². The summed E-state index contributed by atoms with van der Waals surface area (Å²) in [5.74, 6) is 0.674. The van der Waals surface area contributed by atoms with E-state index in [1.54, 1.807) is 12.1 Å². The van der Waals surface area contributed by atoms with E-state index in [9.17, 15) is 8.42 Å². The maximum absolute atomic E-state index is 12.4. The molecule has 21 heavy (non-hydrogen) atoms. The molecule has 1 unspecified atom stereocenters. The number of hydrogen-bond acceptors (Lipinski definition) is 3. The van der Waals surface area contributed by atoms with E-state index in [2.05, 4.69) is 18.6 Å². The van der Waals surface area contributed by atoms with Crippen molar-refractivity contribution in [3.8, 4) is 0 Å². The van der Waals surface area contributed by atoms with Gasteiger partial charge in [0.15, 0.2) is 0 Å². The highest BCUT2D eigenvalue weighted by Crippen LogP contribution is 2.16. The zero-order valence-corrected chi connectivity index (χ0v) is 14.2. The van der Waals surface area contributed by atoms with Crippen molar-refractivity contribution in [2.24, 2.45) is 11.8 Å². The van der Waals surface area contributed by atoms with Gasteiger partial charge in [-0.1, -0.05) is 39.8 Å². The maximum Gasteiger partial charge on any atom is 0.240 e. The van der Waals surface area contributed by atoms with Crippen LogP contribution in [0.3, 0.4) is 0 Å². The molecule has 120 valence electrons. The minimum absolute atomic E-state index is 0.0291. The van der Waals surface area contributed by atoms with Gasteiger partial charge in [-0.25, -0.2) is 13.1 Å². The first kappa shape index (κ1) is 18.1. The second kappa shape index (κ2) is 7.92. The second-order valence-corrected chi connectivity index (χ2v) is 7.94. The van der Waals surface area contributed by atoms with Crippen LogP contribution in [0, 0.1) is 11.8 Å². The molecule has 1 aromatic rings. The standard InChI is InChI=1S/C16H27NO3S/c1-12(2)11-14-5-7-15(8-6-14)21(19,20)17-16(9-10-18)13(3)4/h5-8,12-13,16-18H,9-11H2,1-4H3. The molecule has 1 atom stereocenters. The molecule has 0 aromatic heterocycles. The van der Waals surface area contributed by atoms with Gasteiger partial charge in [0.2, 0.25) is 10.0 Å². The average Bonchev–Trinajstić information content (AvgIpc) is 2.37. The van der Waals surface area contributed by atoms with Gasteiger partial charge in [0.05, 0.1) is 4.90 Å². The Hall–Kier alpha value is -0.910. The van der Waals surface area contributed by atoms with Crippen molar-refractivity contribution in [2.75, 3.05) is 6.61 Å². The highest BCUT2D eigenvalue weighted by molar-refractivity contribution is 7.89. The van der Waals surface area contributed by atoms with E-state index in [4.69, 9.17) is 5.11 Å². The monoisotopic (exact) mass is 313 g/mol. The van der Waals surface area contributed by atoms with Crippen LogP contribution in [-0.4, -0.2) is 26.2 Å². The van der Waals surface area contributed by atoms with Gasteiger partial charge >= 0.3 is 0 Å². The third kappa shape index (κ3) is 5.77. The predicted molar refractivity (Wildman–Crippen MR) is 85.6 cm³/mol. The van der Waals surface area contributed by atoms with Crippen LogP contribution in [0.5, 0.6) is 0 Å². The highest BCUT2D eigenvalue weighted by Gasteiger charge is 2.22. The van der Waals surface area contributed by atoms with Crippen molar-refractivity contribution in [3.05, 3.63) is 29.8 Å². The lowest BCUT2D eigenvalue weighted by atomic mass is 10.0. The fourth-order valence-electron chi connectivity index (χ4n) is 2.21. The van der Waals surface area contributed by atoms with E-state index in [1.165, 1.54) is 0 Å². The largest absolute Gasteiger partial charge is 0.396 e. The Morgan fingerprint density at radius 3 is 2.10 bits per heavy atom. The molecule has 0 saturated carbocycles. The normalized spacial score (nSPS) is 13.9. The number of aliphatic hydroxyl groups is 1. The fraction of sp³-hybridized carbons (Fsp3) is 0.625. The summed E-state index contributed by atoms with van der Waals surface area (Å²) in [6.07, 6.45) is 1.36. The van der Waals surface area contributed by atoms with E-state index in [1.807, 2.05) is 26.0 Å². The second-order valence-electron chi connectivity index (χ2n) is 6.23. The molecule has 0 aliphatic carbocycles. The molecule has 0 heterocycles. The van der Waals surface area contributed by atoms with Crippen molar-refractivity contribution in [3.63, 3.8) is 0 Å². The number of aliphatic hydroxyl groups excluding tert-OH is 1. The molecule has 0 aliphatic heterocycles. The van der Waals surface area contributed by atoms with E-state index >= 15 is 0 Å². The molecule has 0 aliphatic rings. The Bertz CT molecular complexity index is 521. The fourth-order valence-corrected chi connectivity index (χ4v) is 3.63. The molecule has 1 aromatic carbocycles. The van der Waals surface area contributed by atoms with Gasteiger partial charge in [0, 0.05) is 12.6 Å². The first-order valence-corrected chi connectivity index (χ1v) is 8.96. The summed E-state index contributed by atoms with van der Waals surface area (Å²) in [4.78, 5) is 0.276. The van der Waals surface area contributed by atoms with Gasteiger partial charge in [-0.2, -0.15) is 0 Å². The number of hydrogen-bond donors (Lipinski definition) is 2. The van der Waals surface area contributed by atoms with Crippen LogP contribution >= 0.6 is 0 Å². The van der Waals surface area contributed by atoms with Gasteiger partial charge in [-0.05, 0) is 42.4 Å². The molecule has 4 nitrogen and oxygen atoms in total. The lowest BCUT2D eigenvalue weighted by Gasteiger charge is -2.21. The van der Waals surface area contributed by atoms with Crippen LogP contribution in [0.15, 0.2) is 29.2 Å². The van der Waals surface area contributed by atoms with Crippen LogP contribution in [0.2, 0.25) is 0 Å². The van der Waals surface area contributed by atoms with Crippen molar-refractivity contribution in [1.29, 1.82) is 0 Å². The Kier molecular flexibility index (Phi) is 6.84. The number of rotatable bonds is 8. The molecule has 1 rings (SSSR count). The Morgan fingerprint density at radius 2 is 1.67 bits per heavy atom. The summed E-state index contributed by atoms with van der Waals surface area (Å²) in [5.41, 5.74) is 1.14. The zero-order valence-electron chi connectivity index (χ0n) is 13.3. The van der Waals surface area contributed by atoms with Crippen molar-refractivity contribution < 1.29 is 13.5 Å². The van der Waals surface area contributed by atoms with Crippen LogP contribution in [-0.2, 0) is 16.4 Å². The summed E-state index contributed by atoms with van der Waals surface area (Å²) in [7, 11) is -3.53. The SMILES string of the molecule is CC(C)Cc1ccc(S(=O)(=O)NC(CCO)C(C)C)cc1. The first-order valence-electron chi connectivity index (χ1n) is 7.48. The molecule has 0 radical (unpaired) electrons. The summed E-state index contributed by atoms with van der Waals surface area (Å²) in [5, 5.41) is 9.04. The average molecular weight is 313 g/mol. The van der Waals surface area contributed by atoms with Gasteiger partial charge in [-0.3, -0.25) is 0 Å². The summed E-state index contributed by atoms with van der Waals surface area (Å²) >= 11 is 0. The number of sulfonamides is 1. The Labute approximate surface area is 128 Å². The van der Waals surface area contributed by atoms with Crippen molar-refractivity contribution in [2.45, 2.75) is 51.5 Å². The molecular formula is C16H27NO3S. The first-order chi connectivity index (χ1) is 9.76. The van der Waals surface area contributed by atoms with Gasteiger partial charge in [0.25, 0.3) is 0 Å². The molecular weight excluding hydrogens is 286 g/mol. The quantitative estimate of drug-likeness (QED) is 0.775. The maximum atomic E-state index is 12.4. The lowest BCUT2D eigenvalue weighted by molar-refractivity contribution is 0.256. The Morgan fingerprint density at radius 1 is 1.10 bits per heavy atom. The number of nitrogens with one attached hydrogen (secondary N) is 1. The molecule has 0 fully saturated rings. The molecule has 0 saturated heterocycles.